The van der Waals surface area contributed by atoms with Crippen LogP contribution in [0.1, 0.15) is 43.4 Å². The Morgan fingerprint density at radius 3 is 2.47 bits per heavy atom. The van der Waals surface area contributed by atoms with E-state index in [1.54, 1.807) is 0 Å². The second-order valence-electron chi connectivity index (χ2n) is 5.66. The summed E-state index contributed by atoms with van der Waals surface area (Å²) in [5.74, 6) is -0.712. The SMILES string of the molecule is Cc1ccc(CCC(C)(C)CC(=O)O)c(C)c1. The number of rotatable bonds is 5. The van der Waals surface area contributed by atoms with Crippen molar-refractivity contribution < 1.29 is 9.90 Å². The van der Waals surface area contributed by atoms with Crippen LogP contribution in [-0.4, -0.2) is 11.1 Å². The van der Waals surface area contributed by atoms with Crippen LogP contribution < -0.4 is 0 Å². The van der Waals surface area contributed by atoms with E-state index >= 15 is 0 Å². The minimum atomic E-state index is -0.712. The summed E-state index contributed by atoms with van der Waals surface area (Å²) >= 11 is 0. The van der Waals surface area contributed by atoms with Crippen molar-refractivity contribution >= 4 is 5.97 Å². The summed E-state index contributed by atoms with van der Waals surface area (Å²) in [6.45, 7) is 8.24. The molecule has 0 aliphatic carbocycles. The van der Waals surface area contributed by atoms with E-state index in [9.17, 15) is 4.79 Å². The molecule has 0 atom stereocenters. The van der Waals surface area contributed by atoms with Crippen molar-refractivity contribution in [2.45, 2.75) is 47.0 Å². The van der Waals surface area contributed by atoms with Gasteiger partial charge in [0.05, 0.1) is 6.42 Å². The zero-order valence-electron chi connectivity index (χ0n) is 11.2. The van der Waals surface area contributed by atoms with Crippen molar-refractivity contribution in [1.29, 1.82) is 0 Å². The second kappa shape index (κ2) is 5.35. The van der Waals surface area contributed by atoms with E-state index < -0.39 is 5.97 Å². The molecule has 0 saturated heterocycles. The van der Waals surface area contributed by atoms with Gasteiger partial charge in [0.1, 0.15) is 0 Å². The first-order valence-electron chi connectivity index (χ1n) is 6.08. The van der Waals surface area contributed by atoms with Crippen LogP contribution in [0.2, 0.25) is 0 Å². The Kier molecular flexibility index (Phi) is 4.33. The third-order valence-electron chi connectivity index (χ3n) is 3.20. The van der Waals surface area contributed by atoms with E-state index in [4.69, 9.17) is 5.11 Å². The van der Waals surface area contributed by atoms with Crippen LogP contribution in [0.15, 0.2) is 18.2 Å². The van der Waals surface area contributed by atoms with Crippen molar-refractivity contribution in [2.75, 3.05) is 0 Å². The maximum absolute atomic E-state index is 10.7. The molecule has 1 rings (SSSR count). The van der Waals surface area contributed by atoms with Gasteiger partial charge in [-0.2, -0.15) is 0 Å². The van der Waals surface area contributed by atoms with Crippen LogP contribution in [0, 0.1) is 19.3 Å². The smallest absolute Gasteiger partial charge is 0.303 e. The molecule has 2 nitrogen and oxygen atoms in total. The van der Waals surface area contributed by atoms with Crippen LogP contribution in [0.3, 0.4) is 0 Å². The zero-order chi connectivity index (χ0) is 13.1. The molecule has 0 radical (unpaired) electrons. The Bertz CT molecular complexity index is 405. The molecular formula is C15H22O2. The lowest BCUT2D eigenvalue weighted by molar-refractivity contribution is -0.139. The fraction of sp³-hybridized carbons (Fsp3) is 0.533. The average Bonchev–Trinajstić information content (AvgIpc) is 2.14. The van der Waals surface area contributed by atoms with Crippen LogP contribution in [-0.2, 0) is 11.2 Å². The van der Waals surface area contributed by atoms with Crippen LogP contribution in [0.5, 0.6) is 0 Å². The van der Waals surface area contributed by atoms with E-state index in [1.165, 1.54) is 16.7 Å². The molecule has 1 N–H and O–H groups in total. The Labute approximate surface area is 104 Å². The number of benzene rings is 1. The lowest BCUT2D eigenvalue weighted by Crippen LogP contribution is -2.17. The molecular weight excluding hydrogens is 212 g/mol. The molecule has 0 aliphatic heterocycles. The second-order valence-corrected chi connectivity index (χ2v) is 5.66. The fourth-order valence-electron chi connectivity index (χ4n) is 2.10. The number of hydrogen-bond acceptors (Lipinski definition) is 1. The highest BCUT2D eigenvalue weighted by Gasteiger charge is 2.21. The van der Waals surface area contributed by atoms with Crippen molar-refractivity contribution in [3.8, 4) is 0 Å². The molecule has 0 saturated carbocycles. The minimum Gasteiger partial charge on any atom is -0.481 e. The van der Waals surface area contributed by atoms with Crippen molar-refractivity contribution in [1.82, 2.24) is 0 Å². The van der Waals surface area contributed by atoms with Crippen molar-refractivity contribution in [3.63, 3.8) is 0 Å². The molecule has 0 unspecified atom stereocenters. The summed E-state index contributed by atoms with van der Waals surface area (Å²) in [6.07, 6.45) is 2.09. The van der Waals surface area contributed by atoms with Crippen molar-refractivity contribution in [3.05, 3.63) is 34.9 Å². The average molecular weight is 234 g/mol. The van der Waals surface area contributed by atoms with Crippen molar-refractivity contribution in [2.24, 2.45) is 5.41 Å². The molecule has 0 heterocycles. The molecule has 0 bridgehead atoms. The number of carboxylic acid groups (broad SMARTS) is 1. The van der Waals surface area contributed by atoms with Gasteiger partial charge in [0.2, 0.25) is 0 Å². The number of aliphatic carboxylic acids is 1. The van der Waals surface area contributed by atoms with Gasteiger partial charge in [-0.25, -0.2) is 0 Å². The first kappa shape index (κ1) is 13.8. The van der Waals surface area contributed by atoms with E-state index in [0.29, 0.717) is 0 Å². The molecule has 1 aromatic carbocycles. The highest BCUT2D eigenvalue weighted by atomic mass is 16.4. The minimum absolute atomic E-state index is 0.136. The third-order valence-corrected chi connectivity index (χ3v) is 3.20. The Morgan fingerprint density at radius 1 is 1.29 bits per heavy atom. The lowest BCUT2D eigenvalue weighted by Gasteiger charge is -2.22. The third kappa shape index (κ3) is 4.59. The normalized spacial score (nSPS) is 11.5. The molecule has 0 aliphatic rings. The highest BCUT2D eigenvalue weighted by molar-refractivity contribution is 5.67. The summed E-state index contributed by atoms with van der Waals surface area (Å²) in [5, 5.41) is 8.84. The molecule has 2 heteroatoms. The Morgan fingerprint density at radius 2 is 1.94 bits per heavy atom. The monoisotopic (exact) mass is 234 g/mol. The predicted molar refractivity (Wildman–Crippen MR) is 70.3 cm³/mol. The maximum atomic E-state index is 10.7. The summed E-state index contributed by atoms with van der Waals surface area (Å²) in [7, 11) is 0. The van der Waals surface area contributed by atoms with Gasteiger partial charge in [-0.15, -0.1) is 0 Å². The standard InChI is InChI=1S/C15H22O2/c1-11-5-6-13(12(2)9-11)7-8-15(3,4)10-14(16)17/h5-6,9H,7-8,10H2,1-4H3,(H,16,17). The topological polar surface area (TPSA) is 37.3 Å². The van der Waals surface area contributed by atoms with Crippen LogP contribution >= 0.6 is 0 Å². The zero-order valence-corrected chi connectivity index (χ0v) is 11.2. The maximum Gasteiger partial charge on any atom is 0.303 e. The summed E-state index contributed by atoms with van der Waals surface area (Å²) in [5.41, 5.74) is 3.77. The molecule has 17 heavy (non-hydrogen) atoms. The van der Waals surface area contributed by atoms with Crippen LogP contribution in [0.25, 0.3) is 0 Å². The number of carboxylic acids is 1. The van der Waals surface area contributed by atoms with E-state index in [0.717, 1.165) is 12.8 Å². The fourth-order valence-corrected chi connectivity index (χ4v) is 2.10. The first-order chi connectivity index (χ1) is 7.80. The van der Waals surface area contributed by atoms with Gasteiger partial charge in [-0.1, -0.05) is 37.6 Å². The van der Waals surface area contributed by atoms with E-state index in [-0.39, 0.29) is 11.8 Å². The number of carbonyl (C=O) groups is 1. The molecule has 0 aromatic heterocycles. The molecule has 0 fully saturated rings. The van der Waals surface area contributed by atoms with Gasteiger partial charge in [0.15, 0.2) is 0 Å². The van der Waals surface area contributed by atoms with E-state index in [2.05, 4.69) is 32.0 Å². The van der Waals surface area contributed by atoms with Gasteiger partial charge in [0.25, 0.3) is 0 Å². The van der Waals surface area contributed by atoms with Crippen LogP contribution in [0.4, 0.5) is 0 Å². The summed E-state index contributed by atoms with van der Waals surface area (Å²) in [4.78, 5) is 10.7. The molecule has 0 amide bonds. The highest BCUT2D eigenvalue weighted by Crippen LogP contribution is 2.27. The summed E-state index contributed by atoms with van der Waals surface area (Å²) in [6, 6.07) is 6.45. The molecule has 1 aromatic rings. The van der Waals surface area contributed by atoms with Gasteiger partial charge in [0, 0.05) is 0 Å². The lowest BCUT2D eigenvalue weighted by atomic mass is 9.82. The molecule has 0 spiro atoms. The quantitative estimate of drug-likeness (QED) is 0.842. The Balaban J connectivity index is 2.64. The van der Waals surface area contributed by atoms with Gasteiger partial charge < -0.3 is 5.11 Å². The van der Waals surface area contributed by atoms with Gasteiger partial charge in [-0.05, 0) is 43.2 Å². The largest absolute Gasteiger partial charge is 0.481 e. The molecule has 94 valence electrons. The summed E-state index contributed by atoms with van der Waals surface area (Å²) < 4.78 is 0. The Hall–Kier alpha value is -1.31. The first-order valence-corrected chi connectivity index (χ1v) is 6.08. The predicted octanol–water partition coefficient (Wildman–Crippen LogP) is 3.74. The van der Waals surface area contributed by atoms with Gasteiger partial charge in [-0.3, -0.25) is 4.79 Å². The number of hydrogen-bond donors (Lipinski definition) is 1. The van der Waals surface area contributed by atoms with E-state index in [1.807, 2.05) is 13.8 Å². The van der Waals surface area contributed by atoms with Gasteiger partial charge >= 0.3 is 5.97 Å². The number of aryl methyl sites for hydroxylation is 3.